The van der Waals surface area contributed by atoms with Crippen LogP contribution in [-0.2, 0) is 23.3 Å². The van der Waals surface area contributed by atoms with Gasteiger partial charge in [0.05, 0.1) is 16.4 Å². The van der Waals surface area contributed by atoms with Crippen molar-refractivity contribution in [2.24, 2.45) is 13.0 Å². The molecule has 2 heterocycles. The van der Waals surface area contributed by atoms with E-state index in [1.807, 2.05) is 6.92 Å². The fraction of sp³-hybridized carbons (Fsp3) is 0.727. The SMILES string of the molecule is CCc1nn(C)c(NCC2CCS(=O)(=O)C2)c1[N+](=O)[O-]. The van der Waals surface area contributed by atoms with E-state index in [0.717, 1.165) is 0 Å². The average molecular weight is 302 g/mol. The van der Waals surface area contributed by atoms with Gasteiger partial charge in [-0.3, -0.25) is 10.1 Å². The Labute approximate surface area is 117 Å². The van der Waals surface area contributed by atoms with E-state index in [-0.39, 0.29) is 23.1 Å². The lowest BCUT2D eigenvalue weighted by atomic mass is 10.1. The van der Waals surface area contributed by atoms with Gasteiger partial charge in [-0.05, 0) is 18.8 Å². The average Bonchev–Trinajstić information content (AvgIpc) is 2.86. The lowest BCUT2D eigenvalue weighted by Crippen LogP contribution is -2.17. The lowest BCUT2D eigenvalue weighted by Gasteiger charge is -2.10. The first-order chi connectivity index (χ1) is 9.34. The molecule has 0 spiro atoms. The van der Waals surface area contributed by atoms with Crippen LogP contribution in [0.2, 0.25) is 0 Å². The summed E-state index contributed by atoms with van der Waals surface area (Å²) in [4.78, 5) is 10.7. The fourth-order valence-corrected chi connectivity index (χ4v) is 4.33. The van der Waals surface area contributed by atoms with E-state index in [9.17, 15) is 18.5 Å². The minimum Gasteiger partial charge on any atom is -0.364 e. The second kappa shape index (κ2) is 5.39. The Morgan fingerprint density at radius 3 is 2.75 bits per heavy atom. The minimum absolute atomic E-state index is 0.000388. The molecule has 1 fully saturated rings. The van der Waals surface area contributed by atoms with Crippen molar-refractivity contribution in [2.75, 3.05) is 23.4 Å². The monoisotopic (exact) mass is 302 g/mol. The van der Waals surface area contributed by atoms with Crippen LogP contribution in [0.25, 0.3) is 0 Å². The fourth-order valence-electron chi connectivity index (χ4n) is 2.47. The van der Waals surface area contributed by atoms with Gasteiger partial charge in [-0.15, -0.1) is 0 Å². The van der Waals surface area contributed by atoms with E-state index >= 15 is 0 Å². The molecule has 0 radical (unpaired) electrons. The number of nitro groups is 1. The van der Waals surface area contributed by atoms with Gasteiger partial charge in [-0.2, -0.15) is 5.10 Å². The highest BCUT2D eigenvalue weighted by atomic mass is 32.2. The first kappa shape index (κ1) is 14.8. The van der Waals surface area contributed by atoms with Crippen LogP contribution in [0.5, 0.6) is 0 Å². The minimum atomic E-state index is -2.93. The molecule has 1 aromatic rings. The van der Waals surface area contributed by atoms with Gasteiger partial charge in [0.15, 0.2) is 9.84 Å². The van der Waals surface area contributed by atoms with Crippen LogP contribution in [-0.4, -0.2) is 41.2 Å². The zero-order chi connectivity index (χ0) is 14.9. The van der Waals surface area contributed by atoms with Crippen LogP contribution >= 0.6 is 0 Å². The molecular weight excluding hydrogens is 284 g/mol. The third kappa shape index (κ3) is 2.92. The standard InChI is InChI=1S/C11H18N4O4S/c1-3-9-10(15(16)17)11(14(2)13-9)12-6-8-4-5-20(18,19)7-8/h8,12H,3-7H2,1-2H3. The predicted octanol–water partition coefficient (Wildman–Crippen LogP) is 0.737. The first-order valence-electron chi connectivity index (χ1n) is 6.48. The van der Waals surface area contributed by atoms with Crippen molar-refractivity contribution in [3.63, 3.8) is 0 Å². The van der Waals surface area contributed by atoms with E-state index in [1.165, 1.54) is 4.68 Å². The normalized spacial score (nSPS) is 21.0. The number of hydrogen-bond donors (Lipinski definition) is 1. The van der Waals surface area contributed by atoms with Crippen molar-refractivity contribution in [3.8, 4) is 0 Å². The number of aromatic nitrogens is 2. The maximum Gasteiger partial charge on any atom is 0.333 e. The Kier molecular flexibility index (Phi) is 3.98. The molecule has 0 bridgehead atoms. The maximum absolute atomic E-state index is 11.4. The van der Waals surface area contributed by atoms with Crippen molar-refractivity contribution in [1.82, 2.24) is 9.78 Å². The van der Waals surface area contributed by atoms with Gasteiger partial charge < -0.3 is 5.32 Å². The third-order valence-corrected chi connectivity index (χ3v) is 5.33. The van der Waals surface area contributed by atoms with E-state index in [0.29, 0.717) is 30.9 Å². The molecule has 1 aliphatic rings. The van der Waals surface area contributed by atoms with Crippen LogP contribution in [0, 0.1) is 16.0 Å². The largest absolute Gasteiger partial charge is 0.364 e. The first-order valence-corrected chi connectivity index (χ1v) is 8.30. The zero-order valence-electron chi connectivity index (χ0n) is 11.5. The molecule has 0 aromatic carbocycles. The quantitative estimate of drug-likeness (QED) is 0.635. The second-order valence-electron chi connectivity index (χ2n) is 5.03. The van der Waals surface area contributed by atoms with Gasteiger partial charge in [0, 0.05) is 13.6 Å². The van der Waals surface area contributed by atoms with Crippen molar-refractivity contribution < 1.29 is 13.3 Å². The van der Waals surface area contributed by atoms with Crippen LogP contribution in [0.3, 0.4) is 0 Å². The van der Waals surface area contributed by atoms with Crippen molar-refractivity contribution in [2.45, 2.75) is 19.8 Å². The molecule has 1 unspecified atom stereocenters. The molecule has 1 aliphatic heterocycles. The van der Waals surface area contributed by atoms with Crippen molar-refractivity contribution >= 4 is 21.3 Å². The van der Waals surface area contributed by atoms with Crippen molar-refractivity contribution in [3.05, 3.63) is 15.8 Å². The molecule has 1 atom stereocenters. The molecule has 0 aliphatic carbocycles. The van der Waals surface area contributed by atoms with Crippen LogP contribution < -0.4 is 5.32 Å². The number of rotatable bonds is 5. The van der Waals surface area contributed by atoms with E-state index in [2.05, 4.69) is 10.4 Å². The topological polar surface area (TPSA) is 107 Å². The van der Waals surface area contributed by atoms with Gasteiger partial charge in [0.25, 0.3) is 0 Å². The van der Waals surface area contributed by atoms with Crippen molar-refractivity contribution in [1.29, 1.82) is 0 Å². The molecule has 20 heavy (non-hydrogen) atoms. The number of nitrogens with zero attached hydrogens (tertiary/aromatic N) is 3. The summed E-state index contributed by atoms with van der Waals surface area (Å²) in [5.41, 5.74) is 0.412. The number of aryl methyl sites for hydroxylation is 2. The molecule has 1 saturated heterocycles. The van der Waals surface area contributed by atoms with Crippen LogP contribution in [0.1, 0.15) is 19.0 Å². The number of sulfone groups is 1. The highest BCUT2D eigenvalue weighted by Crippen LogP contribution is 2.29. The molecule has 2 rings (SSSR count). The van der Waals surface area contributed by atoms with E-state index < -0.39 is 14.8 Å². The zero-order valence-corrected chi connectivity index (χ0v) is 12.3. The lowest BCUT2D eigenvalue weighted by molar-refractivity contribution is -0.384. The Morgan fingerprint density at radius 1 is 1.55 bits per heavy atom. The Morgan fingerprint density at radius 2 is 2.25 bits per heavy atom. The summed E-state index contributed by atoms with van der Waals surface area (Å²) in [6, 6.07) is 0. The molecule has 0 saturated carbocycles. The second-order valence-corrected chi connectivity index (χ2v) is 7.26. The van der Waals surface area contributed by atoms with Crippen LogP contribution in [0.15, 0.2) is 0 Å². The van der Waals surface area contributed by atoms with E-state index in [4.69, 9.17) is 0 Å². The highest BCUT2D eigenvalue weighted by Gasteiger charge is 2.30. The summed E-state index contributed by atoms with van der Waals surface area (Å²) >= 11 is 0. The van der Waals surface area contributed by atoms with Crippen LogP contribution in [0.4, 0.5) is 11.5 Å². The summed E-state index contributed by atoms with van der Waals surface area (Å²) in [6.07, 6.45) is 1.07. The summed E-state index contributed by atoms with van der Waals surface area (Å²) in [5.74, 6) is 0.690. The van der Waals surface area contributed by atoms with Gasteiger partial charge in [-0.25, -0.2) is 13.1 Å². The third-order valence-electron chi connectivity index (χ3n) is 3.49. The number of hydrogen-bond acceptors (Lipinski definition) is 6. The Bertz CT molecular complexity index is 623. The van der Waals surface area contributed by atoms with Gasteiger partial charge in [0.1, 0.15) is 5.69 Å². The van der Waals surface area contributed by atoms with E-state index in [1.54, 1.807) is 7.05 Å². The molecule has 112 valence electrons. The Balaban J connectivity index is 2.14. The predicted molar refractivity (Wildman–Crippen MR) is 74.5 cm³/mol. The summed E-state index contributed by atoms with van der Waals surface area (Å²) in [7, 11) is -1.29. The molecule has 8 nitrogen and oxygen atoms in total. The highest BCUT2D eigenvalue weighted by molar-refractivity contribution is 7.91. The molecule has 0 amide bonds. The van der Waals surface area contributed by atoms with Gasteiger partial charge >= 0.3 is 5.69 Å². The van der Waals surface area contributed by atoms with Gasteiger partial charge in [-0.1, -0.05) is 6.92 Å². The number of nitrogens with one attached hydrogen (secondary N) is 1. The summed E-state index contributed by atoms with van der Waals surface area (Å²) in [5, 5.41) is 18.2. The number of anilines is 1. The Hall–Kier alpha value is -1.64. The molecular formula is C11H18N4O4S. The molecule has 1 N–H and O–H groups in total. The molecule has 1 aromatic heterocycles. The molecule has 9 heteroatoms. The smallest absolute Gasteiger partial charge is 0.333 e. The van der Waals surface area contributed by atoms with Gasteiger partial charge in [0.2, 0.25) is 5.82 Å². The summed E-state index contributed by atoms with van der Waals surface area (Å²) < 4.78 is 24.2. The summed E-state index contributed by atoms with van der Waals surface area (Å²) in [6.45, 7) is 2.21. The maximum atomic E-state index is 11.4.